The molecule has 0 aliphatic carbocycles. The predicted molar refractivity (Wildman–Crippen MR) is 81.0 cm³/mol. The van der Waals surface area contributed by atoms with Crippen molar-refractivity contribution in [3.8, 4) is 0 Å². The van der Waals surface area contributed by atoms with Gasteiger partial charge in [0.2, 0.25) is 15.7 Å². The lowest BCUT2D eigenvalue weighted by molar-refractivity contribution is -0.114. The fraction of sp³-hybridized carbons (Fsp3) is 0.0714. The monoisotopic (exact) mass is 324 g/mol. The highest BCUT2D eigenvalue weighted by Gasteiger charge is 2.20. The Kier molecular flexibility index (Phi) is 4.62. The van der Waals surface area contributed by atoms with Gasteiger partial charge in [-0.05, 0) is 36.4 Å². The average molecular weight is 325 g/mol. The standard InChI is InChI=1S/C14H13ClN2O3S/c15-12-3-1-2-4-13(12)21(19,20)11-7-5-10(6-8-11)17-14(18)9-16/h1-8H,9,16H2,(H,17,18). The van der Waals surface area contributed by atoms with Gasteiger partial charge >= 0.3 is 0 Å². The minimum absolute atomic E-state index is 0.0467. The Morgan fingerprint density at radius 3 is 2.29 bits per heavy atom. The van der Waals surface area contributed by atoms with Crippen LogP contribution in [0.1, 0.15) is 0 Å². The van der Waals surface area contributed by atoms with Crippen LogP contribution in [0.2, 0.25) is 5.02 Å². The highest BCUT2D eigenvalue weighted by molar-refractivity contribution is 7.91. The Bertz CT molecular complexity index is 758. The molecule has 5 nitrogen and oxygen atoms in total. The normalized spacial score (nSPS) is 11.1. The van der Waals surface area contributed by atoms with Crippen molar-refractivity contribution < 1.29 is 13.2 Å². The van der Waals surface area contributed by atoms with Crippen LogP contribution in [-0.2, 0) is 14.6 Å². The molecule has 0 saturated heterocycles. The summed E-state index contributed by atoms with van der Waals surface area (Å²) in [5, 5.41) is 2.70. The van der Waals surface area contributed by atoms with Crippen molar-refractivity contribution >= 4 is 33.0 Å². The number of sulfone groups is 1. The first kappa shape index (κ1) is 15.5. The summed E-state index contributed by atoms with van der Waals surface area (Å²) in [6, 6.07) is 12.0. The van der Waals surface area contributed by atoms with Gasteiger partial charge in [-0.3, -0.25) is 4.79 Å². The van der Waals surface area contributed by atoms with Gasteiger partial charge < -0.3 is 11.1 Å². The zero-order valence-electron chi connectivity index (χ0n) is 10.9. The molecule has 3 N–H and O–H groups in total. The molecule has 2 aromatic rings. The summed E-state index contributed by atoms with van der Waals surface area (Å²) in [5.41, 5.74) is 5.66. The largest absolute Gasteiger partial charge is 0.325 e. The van der Waals surface area contributed by atoms with E-state index in [0.29, 0.717) is 5.69 Å². The maximum absolute atomic E-state index is 12.5. The zero-order chi connectivity index (χ0) is 15.5. The van der Waals surface area contributed by atoms with E-state index in [1.807, 2.05) is 0 Å². The lowest BCUT2D eigenvalue weighted by Crippen LogP contribution is -2.21. The lowest BCUT2D eigenvalue weighted by Gasteiger charge is -2.08. The second kappa shape index (κ2) is 6.26. The van der Waals surface area contributed by atoms with Gasteiger partial charge in [-0.25, -0.2) is 8.42 Å². The number of hydrogen-bond donors (Lipinski definition) is 2. The van der Waals surface area contributed by atoms with Crippen LogP contribution in [0.3, 0.4) is 0 Å². The molecule has 0 atom stereocenters. The minimum atomic E-state index is -3.69. The first-order valence-electron chi connectivity index (χ1n) is 6.05. The Morgan fingerprint density at radius 1 is 1.10 bits per heavy atom. The zero-order valence-corrected chi connectivity index (χ0v) is 12.5. The van der Waals surface area contributed by atoms with Crippen molar-refractivity contribution in [1.29, 1.82) is 0 Å². The van der Waals surface area contributed by atoms with Crippen LogP contribution in [0.15, 0.2) is 58.3 Å². The molecule has 0 unspecified atom stereocenters. The lowest BCUT2D eigenvalue weighted by atomic mass is 10.3. The van der Waals surface area contributed by atoms with Crippen molar-refractivity contribution in [2.24, 2.45) is 5.73 Å². The molecule has 7 heteroatoms. The van der Waals surface area contributed by atoms with Crippen LogP contribution in [0, 0.1) is 0 Å². The number of benzene rings is 2. The number of carbonyl (C=O) groups is 1. The van der Waals surface area contributed by atoms with Crippen LogP contribution >= 0.6 is 11.6 Å². The molecule has 21 heavy (non-hydrogen) atoms. The highest BCUT2D eigenvalue weighted by atomic mass is 35.5. The Hall–Kier alpha value is -1.89. The molecular formula is C14H13ClN2O3S. The maximum atomic E-state index is 12.5. The maximum Gasteiger partial charge on any atom is 0.238 e. The molecule has 0 spiro atoms. The van der Waals surface area contributed by atoms with Crippen molar-refractivity contribution in [2.45, 2.75) is 9.79 Å². The van der Waals surface area contributed by atoms with E-state index < -0.39 is 9.84 Å². The number of halogens is 1. The molecule has 0 bridgehead atoms. The van der Waals surface area contributed by atoms with Crippen LogP contribution in [0.25, 0.3) is 0 Å². The topological polar surface area (TPSA) is 89.3 Å². The molecule has 0 heterocycles. The molecule has 0 aromatic heterocycles. The van der Waals surface area contributed by atoms with Crippen LogP contribution in [0.5, 0.6) is 0 Å². The third-order valence-electron chi connectivity index (χ3n) is 2.76. The van der Waals surface area contributed by atoms with Crippen LogP contribution < -0.4 is 11.1 Å². The van der Waals surface area contributed by atoms with E-state index in [1.165, 1.54) is 36.4 Å². The molecule has 2 aromatic carbocycles. The van der Waals surface area contributed by atoms with E-state index in [9.17, 15) is 13.2 Å². The van der Waals surface area contributed by atoms with Gasteiger partial charge in [0.1, 0.15) is 0 Å². The fourth-order valence-corrected chi connectivity index (χ4v) is 3.49. The van der Waals surface area contributed by atoms with E-state index in [2.05, 4.69) is 5.32 Å². The second-order valence-corrected chi connectivity index (χ2v) is 6.54. The van der Waals surface area contributed by atoms with Gasteiger partial charge in [0.25, 0.3) is 0 Å². The van der Waals surface area contributed by atoms with E-state index in [1.54, 1.807) is 12.1 Å². The number of carbonyl (C=O) groups excluding carboxylic acids is 1. The van der Waals surface area contributed by atoms with E-state index in [0.717, 1.165) is 0 Å². The first-order chi connectivity index (χ1) is 9.95. The summed E-state index contributed by atoms with van der Waals surface area (Å²) in [4.78, 5) is 11.3. The molecule has 110 valence electrons. The van der Waals surface area contributed by atoms with Gasteiger partial charge in [-0.1, -0.05) is 23.7 Å². The Morgan fingerprint density at radius 2 is 1.71 bits per heavy atom. The fourth-order valence-electron chi connectivity index (χ4n) is 1.72. The van der Waals surface area contributed by atoms with Crippen molar-refractivity contribution in [1.82, 2.24) is 0 Å². The average Bonchev–Trinajstić information content (AvgIpc) is 2.48. The van der Waals surface area contributed by atoms with Crippen molar-refractivity contribution in [3.05, 3.63) is 53.6 Å². The van der Waals surface area contributed by atoms with Gasteiger partial charge in [-0.2, -0.15) is 0 Å². The molecule has 0 saturated carbocycles. The number of hydrogen-bond acceptors (Lipinski definition) is 4. The summed E-state index contributed by atoms with van der Waals surface area (Å²) in [5.74, 6) is -0.350. The molecule has 0 radical (unpaired) electrons. The Balaban J connectivity index is 2.34. The summed E-state index contributed by atoms with van der Waals surface area (Å²) in [6.07, 6.45) is 0. The smallest absolute Gasteiger partial charge is 0.238 e. The van der Waals surface area contributed by atoms with Crippen molar-refractivity contribution in [3.63, 3.8) is 0 Å². The molecular weight excluding hydrogens is 312 g/mol. The predicted octanol–water partition coefficient (Wildman–Crippen LogP) is 2.07. The highest BCUT2D eigenvalue weighted by Crippen LogP contribution is 2.27. The van der Waals surface area contributed by atoms with Crippen molar-refractivity contribution in [2.75, 3.05) is 11.9 Å². The summed E-state index contributed by atoms with van der Waals surface area (Å²) in [6.45, 7) is -0.139. The number of anilines is 1. The van der Waals surface area contributed by atoms with E-state index >= 15 is 0 Å². The molecule has 0 fully saturated rings. The molecule has 1 amide bonds. The molecule has 2 rings (SSSR count). The van der Waals surface area contributed by atoms with E-state index in [4.69, 9.17) is 17.3 Å². The summed E-state index contributed by atoms with van der Waals surface area (Å²) in [7, 11) is -3.69. The summed E-state index contributed by atoms with van der Waals surface area (Å²) >= 11 is 5.93. The van der Waals surface area contributed by atoms with Gasteiger partial charge in [-0.15, -0.1) is 0 Å². The SMILES string of the molecule is NCC(=O)Nc1ccc(S(=O)(=O)c2ccccc2Cl)cc1. The van der Waals surface area contributed by atoms with Gasteiger partial charge in [0, 0.05) is 5.69 Å². The van der Waals surface area contributed by atoms with Gasteiger partial charge in [0.05, 0.1) is 21.4 Å². The quantitative estimate of drug-likeness (QED) is 0.901. The summed E-state index contributed by atoms with van der Waals surface area (Å²) < 4.78 is 24.9. The second-order valence-electron chi connectivity index (χ2n) is 4.21. The third kappa shape index (κ3) is 3.41. The van der Waals surface area contributed by atoms with Crippen LogP contribution in [-0.4, -0.2) is 20.9 Å². The number of amides is 1. The first-order valence-corrected chi connectivity index (χ1v) is 7.91. The molecule has 0 aliphatic heterocycles. The number of nitrogens with one attached hydrogen (secondary N) is 1. The molecule has 0 aliphatic rings. The van der Waals surface area contributed by atoms with Crippen LogP contribution in [0.4, 0.5) is 5.69 Å². The minimum Gasteiger partial charge on any atom is -0.325 e. The van der Waals surface area contributed by atoms with E-state index in [-0.39, 0.29) is 27.3 Å². The van der Waals surface area contributed by atoms with Gasteiger partial charge in [0.15, 0.2) is 0 Å². The number of rotatable bonds is 4. The third-order valence-corrected chi connectivity index (χ3v) is 5.03. The number of nitrogens with two attached hydrogens (primary N) is 1. The Labute approximate surface area is 127 Å².